The number of alkyl halides is 3. The zero-order valence-electron chi connectivity index (χ0n) is 13.1. The van der Waals surface area contributed by atoms with Gasteiger partial charge < -0.3 is 13.9 Å². The molecule has 128 valence electrons. The van der Waals surface area contributed by atoms with Crippen LogP contribution in [-0.4, -0.2) is 20.1 Å². The molecule has 25 heavy (non-hydrogen) atoms. The number of imidazole rings is 1. The van der Waals surface area contributed by atoms with Crippen LogP contribution < -0.4 is 0 Å². The minimum atomic E-state index is -4.53. The van der Waals surface area contributed by atoms with Crippen LogP contribution in [0.15, 0.2) is 33.2 Å². The van der Waals surface area contributed by atoms with E-state index < -0.39 is 12.0 Å². The van der Waals surface area contributed by atoms with Crippen LogP contribution >= 0.6 is 0 Å². The van der Waals surface area contributed by atoms with Crippen LogP contribution in [0.2, 0.25) is 0 Å². The van der Waals surface area contributed by atoms with Gasteiger partial charge >= 0.3 is 6.18 Å². The molecule has 0 amide bonds. The molecular weight excluding hydrogens is 337 g/mol. The molecule has 9 heteroatoms. The highest BCUT2D eigenvalue weighted by atomic mass is 19.4. The van der Waals surface area contributed by atoms with E-state index in [1.165, 1.54) is 12.1 Å². The molecule has 3 aromatic heterocycles. The first-order valence-electron chi connectivity index (χ1n) is 7.30. The van der Waals surface area contributed by atoms with E-state index in [1.54, 1.807) is 12.1 Å². The van der Waals surface area contributed by atoms with Gasteiger partial charge in [-0.2, -0.15) is 18.2 Å². The molecule has 6 nitrogen and oxygen atoms in total. The van der Waals surface area contributed by atoms with Crippen molar-refractivity contribution in [3.63, 3.8) is 0 Å². The van der Waals surface area contributed by atoms with Crippen LogP contribution in [0.4, 0.5) is 13.2 Å². The summed E-state index contributed by atoms with van der Waals surface area (Å²) in [5.41, 5.74) is 1.89. The van der Waals surface area contributed by atoms with E-state index in [4.69, 9.17) is 8.94 Å². The number of aromatic nitrogens is 4. The fourth-order valence-electron chi connectivity index (χ4n) is 2.40. The maximum atomic E-state index is 12.7. The molecule has 3 heterocycles. The Morgan fingerprint density at radius 3 is 2.56 bits per heavy atom. The number of hydrogen-bond donors (Lipinski definition) is 1. The number of fused-ring (bicyclic) bond motifs is 1. The third kappa shape index (κ3) is 2.67. The number of halogens is 3. The lowest BCUT2D eigenvalue weighted by molar-refractivity contribution is -0.144. The molecule has 0 aliphatic rings. The largest absolute Gasteiger partial charge is 0.456 e. The monoisotopic (exact) mass is 348 g/mol. The molecule has 0 bridgehead atoms. The predicted octanol–water partition coefficient (Wildman–Crippen LogP) is 4.51. The van der Waals surface area contributed by atoms with Crippen LogP contribution in [0.25, 0.3) is 34.1 Å². The quantitative estimate of drug-likeness (QED) is 0.576. The summed E-state index contributed by atoms with van der Waals surface area (Å²) >= 11 is 0. The number of nitrogens with one attached hydrogen (secondary N) is 1. The summed E-state index contributed by atoms with van der Waals surface area (Å²) < 4.78 is 48.9. The van der Waals surface area contributed by atoms with Crippen LogP contribution in [0.3, 0.4) is 0 Å². The van der Waals surface area contributed by atoms with Crippen molar-refractivity contribution < 1.29 is 22.1 Å². The number of furan rings is 1. The zero-order chi connectivity index (χ0) is 17.8. The van der Waals surface area contributed by atoms with E-state index in [2.05, 4.69) is 20.1 Å². The number of nitrogens with zero attached hydrogens (tertiary/aromatic N) is 3. The zero-order valence-corrected chi connectivity index (χ0v) is 13.1. The summed E-state index contributed by atoms with van der Waals surface area (Å²) in [6.45, 7) is 3.71. The van der Waals surface area contributed by atoms with Crippen molar-refractivity contribution in [1.82, 2.24) is 20.1 Å². The second-order valence-electron chi connectivity index (χ2n) is 5.59. The highest BCUT2D eigenvalue weighted by Crippen LogP contribution is 2.30. The van der Waals surface area contributed by atoms with Crippen LogP contribution in [0.1, 0.15) is 17.1 Å². The van der Waals surface area contributed by atoms with E-state index in [0.29, 0.717) is 11.3 Å². The summed E-state index contributed by atoms with van der Waals surface area (Å²) in [7, 11) is 0. The molecule has 4 rings (SSSR count). The molecular formula is C16H11F3N4O2. The Hall–Kier alpha value is -3.10. The second kappa shape index (κ2) is 5.20. The Morgan fingerprint density at radius 1 is 1.08 bits per heavy atom. The van der Waals surface area contributed by atoms with Gasteiger partial charge in [0.2, 0.25) is 11.6 Å². The SMILES string of the molecule is Cc1cc(-c2nc(-c3ccc4nc(C(F)(F)F)[nH]c4c3)no2)oc1C. The summed E-state index contributed by atoms with van der Waals surface area (Å²) in [4.78, 5) is 10.0. The molecule has 1 aromatic carbocycles. The Bertz CT molecular complexity index is 1060. The van der Waals surface area contributed by atoms with E-state index >= 15 is 0 Å². The summed E-state index contributed by atoms with van der Waals surface area (Å²) in [6, 6.07) is 6.31. The van der Waals surface area contributed by atoms with Gasteiger partial charge in [0, 0.05) is 5.56 Å². The number of rotatable bonds is 2. The molecule has 0 saturated carbocycles. The normalized spacial score (nSPS) is 12.2. The maximum Gasteiger partial charge on any atom is 0.449 e. The smallest absolute Gasteiger partial charge is 0.449 e. The van der Waals surface area contributed by atoms with Crippen molar-refractivity contribution >= 4 is 11.0 Å². The molecule has 0 fully saturated rings. The van der Waals surface area contributed by atoms with Gasteiger partial charge in [0.05, 0.1) is 11.0 Å². The fourth-order valence-corrected chi connectivity index (χ4v) is 2.40. The molecule has 0 aliphatic carbocycles. The molecule has 0 atom stereocenters. The molecule has 4 aromatic rings. The van der Waals surface area contributed by atoms with Crippen LogP contribution in [0.5, 0.6) is 0 Å². The van der Waals surface area contributed by atoms with Gasteiger partial charge in [-0.25, -0.2) is 4.98 Å². The van der Waals surface area contributed by atoms with Crippen LogP contribution in [0, 0.1) is 13.8 Å². The first-order chi connectivity index (χ1) is 11.8. The first-order valence-corrected chi connectivity index (χ1v) is 7.30. The standard InChI is InChI=1S/C16H11F3N4O2/c1-7-5-12(24-8(7)2)14-22-13(23-25-14)9-3-4-10-11(6-9)21-15(20-10)16(17,18)19/h3-6H,1-2H3,(H,20,21). The van der Waals surface area contributed by atoms with E-state index in [0.717, 1.165) is 11.3 Å². The Labute approximate surface area is 138 Å². The topological polar surface area (TPSA) is 80.7 Å². The molecule has 0 saturated heterocycles. The highest BCUT2D eigenvalue weighted by molar-refractivity contribution is 5.80. The Balaban J connectivity index is 1.72. The maximum absolute atomic E-state index is 12.7. The molecule has 1 N–H and O–H groups in total. The molecule has 0 unspecified atom stereocenters. The minimum absolute atomic E-state index is 0.201. The number of hydrogen-bond acceptors (Lipinski definition) is 5. The molecule has 0 aliphatic heterocycles. The average Bonchev–Trinajstić information content (AvgIpc) is 3.25. The lowest BCUT2D eigenvalue weighted by Gasteiger charge is -1.99. The van der Waals surface area contributed by atoms with Crippen molar-refractivity contribution in [2.75, 3.05) is 0 Å². The van der Waals surface area contributed by atoms with Crippen molar-refractivity contribution in [2.45, 2.75) is 20.0 Å². The van der Waals surface area contributed by atoms with E-state index in [-0.39, 0.29) is 22.7 Å². The van der Waals surface area contributed by atoms with Crippen molar-refractivity contribution in [3.05, 3.63) is 41.4 Å². The third-order valence-corrected chi connectivity index (χ3v) is 3.81. The van der Waals surface area contributed by atoms with Crippen molar-refractivity contribution in [3.8, 4) is 23.0 Å². The average molecular weight is 348 g/mol. The summed E-state index contributed by atoms with van der Waals surface area (Å²) in [6.07, 6.45) is -4.53. The van der Waals surface area contributed by atoms with Crippen LogP contribution in [-0.2, 0) is 6.18 Å². The highest BCUT2D eigenvalue weighted by Gasteiger charge is 2.34. The number of aromatic amines is 1. The lowest BCUT2D eigenvalue weighted by atomic mass is 10.2. The molecule has 0 spiro atoms. The van der Waals surface area contributed by atoms with Gasteiger partial charge in [0.1, 0.15) is 5.76 Å². The number of H-pyrrole nitrogens is 1. The van der Waals surface area contributed by atoms with Crippen molar-refractivity contribution in [2.24, 2.45) is 0 Å². The van der Waals surface area contributed by atoms with Gasteiger partial charge in [0.25, 0.3) is 5.89 Å². The predicted molar refractivity (Wildman–Crippen MR) is 81.6 cm³/mol. The summed E-state index contributed by atoms with van der Waals surface area (Å²) in [5.74, 6) is 0.581. The number of aryl methyl sites for hydroxylation is 2. The Kier molecular flexibility index (Phi) is 3.21. The van der Waals surface area contributed by atoms with E-state index in [1.807, 2.05) is 13.8 Å². The lowest BCUT2D eigenvalue weighted by Crippen LogP contribution is -2.06. The minimum Gasteiger partial charge on any atom is -0.456 e. The Morgan fingerprint density at radius 2 is 1.88 bits per heavy atom. The number of benzene rings is 1. The third-order valence-electron chi connectivity index (χ3n) is 3.81. The van der Waals surface area contributed by atoms with Gasteiger partial charge in [0.15, 0.2) is 5.76 Å². The van der Waals surface area contributed by atoms with E-state index in [9.17, 15) is 13.2 Å². The van der Waals surface area contributed by atoms with Gasteiger partial charge in [-0.1, -0.05) is 5.16 Å². The van der Waals surface area contributed by atoms with Gasteiger partial charge in [-0.3, -0.25) is 0 Å². The second-order valence-corrected chi connectivity index (χ2v) is 5.59. The first kappa shape index (κ1) is 15.4. The van der Waals surface area contributed by atoms with Gasteiger partial charge in [-0.15, -0.1) is 0 Å². The van der Waals surface area contributed by atoms with Gasteiger partial charge in [-0.05, 0) is 43.7 Å². The molecule has 0 radical (unpaired) electrons. The fraction of sp³-hybridized carbons (Fsp3) is 0.188. The van der Waals surface area contributed by atoms with Crippen molar-refractivity contribution in [1.29, 1.82) is 0 Å². The summed E-state index contributed by atoms with van der Waals surface area (Å²) in [5, 5.41) is 3.86.